The van der Waals surface area contributed by atoms with Crippen molar-refractivity contribution in [3.8, 4) is 0 Å². The molecule has 0 saturated carbocycles. The van der Waals surface area contributed by atoms with Gasteiger partial charge in [-0.1, -0.05) is 0 Å². The maximum absolute atomic E-state index is 12.2. The molecule has 4 heterocycles. The van der Waals surface area contributed by atoms with E-state index in [9.17, 15) is 4.79 Å². The van der Waals surface area contributed by atoms with Gasteiger partial charge < -0.3 is 15.1 Å². The summed E-state index contributed by atoms with van der Waals surface area (Å²) in [5, 5.41) is 8.01. The number of hydrogen-bond acceptors (Lipinski definition) is 5. The van der Waals surface area contributed by atoms with Crippen molar-refractivity contribution in [3.05, 3.63) is 23.0 Å². The maximum atomic E-state index is 12.2. The van der Waals surface area contributed by atoms with E-state index in [1.54, 1.807) is 4.90 Å². The first-order chi connectivity index (χ1) is 11.6. The quantitative estimate of drug-likeness (QED) is 0.856. The van der Waals surface area contributed by atoms with Crippen LogP contribution in [0.25, 0.3) is 5.65 Å². The van der Waals surface area contributed by atoms with Gasteiger partial charge in [0.15, 0.2) is 5.65 Å². The minimum atomic E-state index is 0.0828. The van der Waals surface area contributed by atoms with E-state index in [-0.39, 0.29) is 11.8 Å². The number of fused-ring (bicyclic) bond motifs is 2. The van der Waals surface area contributed by atoms with Gasteiger partial charge in [0.25, 0.3) is 0 Å². The number of rotatable bonds is 2. The van der Waals surface area contributed by atoms with E-state index in [2.05, 4.69) is 22.2 Å². The molecular weight excluding hydrogens is 304 g/mol. The highest BCUT2D eigenvalue weighted by Crippen LogP contribution is 2.32. The van der Waals surface area contributed by atoms with Crippen LogP contribution in [0, 0.1) is 12.8 Å². The smallest absolute Gasteiger partial charge is 0.228 e. The zero-order valence-electron chi connectivity index (χ0n) is 14.5. The van der Waals surface area contributed by atoms with Gasteiger partial charge >= 0.3 is 0 Å². The first-order valence-corrected chi connectivity index (χ1v) is 8.59. The molecule has 7 nitrogen and oxygen atoms in total. The number of nitrogens with one attached hydrogen (secondary N) is 1. The van der Waals surface area contributed by atoms with Crippen LogP contribution < -0.4 is 10.2 Å². The average Bonchev–Trinajstić information content (AvgIpc) is 2.73. The highest BCUT2D eigenvalue weighted by Gasteiger charge is 2.37. The van der Waals surface area contributed by atoms with E-state index in [1.807, 2.05) is 24.8 Å². The van der Waals surface area contributed by atoms with Crippen LogP contribution in [0.4, 0.5) is 5.82 Å². The third kappa shape index (κ3) is 2.34. The molecule has 4 rings (SSSR count). The first kappa shape index (κ1) is 15.4. The summed E-state index contributed by atoms with van der Waals surface area (Å²) in [6.45, 7) is 5.49. The number of aryl methyl sites for hydroxylation is 1. The van der Waals surface area contributed by atoms with E-state index in [0.29, 0.717) is 0 Å². The molecule has 2 aromatic heterocycles. The highest BCUT2D eigenvalue weighted by molar-refractivity contribution is 5.81. The van der Waals surface area contributed by atoms with Crippen LogP contribution in [0.3, 0.4) is 0 Å². The summed E-state index contributed by atoms with van der Waals surface area (Å²) in [4.78, 5) is 21.0. The van der Waals surface area contributed by atoms with Crippen molar-refractivity contribution >= 4 is 17.4 Å². The topological polar surface area (TPSA) is 65.8 Å². The molecule has 128 valence electrons. The minimum absolute atomic E-state index is 0.0828. The lowest BCUT2D eigenvalue weighted by molar-refractivity contribution is -0.133. The van der Waals surface area contributed by atoms with Crippen LogP contribution in [0.5, 0.6) is 0 Å². The molecule has 1 fully saturated rings. The lowest BCUT2D eigenvalue weighted by Crippen LogP contribution is -2.54. The van der Waals surface area contributed by atoms with E-state index in [1.165, 1.54) is 11.3 Å². The molecule has 0 spiro atoms. The monoisotopic (exact) mass is 328 g/mol. The molecule has 2 aliphatic heterocycles. The molecular formula is C17H24N6O. The fraction of sp³-hybridized carbons (Fsp3) is 0.588. The van der Waals surface area contributed by atoms with Crippen LogP contribution in [0.1, 0.15) is 16.8 Å². The Morgan fingerprint density at radius 3 is 2.79 bits per heavy atom. The second kappa shape index (κ2) is 5.73. The first-order valence-electron chi connectivity index (χ1n) is 8.59. The molecule has 0 aromatic carbocycles. The van der Waals surface area contributed by atoms with Gasteiger partial charge in [-0.15, -0.1) is 0 Å². The largest absolute Gasteiger partial charge is 0.354 e. The molecule has 1 saturated heterocycles. The molecule has 7 heteroatoms. The van der Waals surface area contributed by atoms with Crippen LogP contribution in [-0.4, -0.2) is 65.7 Å². The number of hydrogen-bond donors (Lipinski definition) is 1. The van der Waals surface area contributed by atoms with Crippen molar-refractivity contribution < 1.29 is 4.79 Å². The van der Waals surface area contributed by atoms with Crippen molar-refractivity contribution in [1.82, 2.24) is 24.8 Å². The standard InChI is InChI=1S/C17H24N6O/c1-11-8-19-23-15(11)20-14-5-7-18-6-4-13(14)16(23)22-9-12(10-22)17(24)21(2)3/h8,12,18H,4-7,9-10H2,1-3H3. The Bertz CT molecular complexity index is 790. The zero-order valence-corrected chi connectivity index (χ0v) is 14.5. The van der Waals surface area contributed by atoms with Gasteiger partial charge in [-0.05, 0) is 19.9 Å². The second-order valence-electron chi connectivity index (χ2n) is 7.01. The minimum Gasteiger partial charge on any atom is -0.354 e. The van der Waals surface area contributed by atoms with E-state index in [0.717, 1.165) is 56.0 Å². The summed E-state index contributed by atoms with van der Waals surface area (Å²) in [6, 6.07) is 0. The zero-order chi connectivity index (χ0) is 16.8. The third-order valence-corrected chi connectivity index (χ3v) is 5.04. The van der Waals surface area contributed by atoms with Crippen LogP contribution in [-0.2, 0) is 17.6 Å². The highest BCUT2D eigenvalue weighted by atomic mass is 16.2. The number of nitrogens with zero attached hydrogens (tertiary/aromatic N) is 5. The number of carbonyl (C=O) groups excluding carboxylic acids is 1. The summed E-state index contributed by atoms with van der Waals surface area (Å²) < 4.78 is 1.97. The fourth-order valence-electron chi connectivity index (χ4n) is 3.67. The molecule has 0 radical (unpaired) electrons. The lowest BCUT2D eigenvalue weighted by atomic mass is 9.97. The molecule has 0 unspecified atom stereocenters. The van der Waals surface area contributed by atoms with Crippen molar-refractivity contribution in [1.29, 1.82) is 0 Å². The van der Waals surface area contributed by atoms with Crippen molar-refractivity contribution in [3.63, 3.8) is 0 Å². The normalized spacial score (nSPS) is 18.2. The average molecular weight is 328 g/mol. The Balaban J connectivity index is 1.74. The fourth-order valence-corrected chi connectivity index (χ4v) is 3.67. The number of amides is 1. The molecule has 1 amide bonds. The molecule has 24 heavy (non-hydrogen) atoms. The van der Waals surface area contributed by atoms with E-state index < -0.39 is 0 Å². The number of carbonyl (C=O) groups is 1. The van der Waals surface area contributed by atoms with Gasteiger partial charge in [0.05, 0.1) is 17.8 Å². The number of aromatic nitrogens is 3. The van der Waals surface area contributed by atoms with Crippen LogP contribution in [0.15, 0.2) is 6.20 Å². The lowest BCUT2D eigenvalue weighted by Gasteiger charge is -2.41. The molecule has 2 aliphatic rings. The second-order valence-corrected chi connectivity index (χ2v) is 7.01. The predicted molar refractivity (Wildman–Crippen MR) is 92.4 cm³/mol. The summed E-state index contributed by atoms with van der Waals surface area (Å²) >= 11 is 0. The SMILES string of the molecule is Cc1cnn2c(N3CC(C(=O)N(C)C)C3)c3c(nc12)CCNCC3. The van der Waals surface area contributed by atoms with E-state index >= 15 is 0 Å². The summed E-state index contributed by atoms with van der Waals surface area (Å²) in [5.41, 5.74) is 4.49. The Morgan fingerprint density at radius 1 is 1.29 bits per heavy atom. The van der Waals surface area contributed by atoms with Crippen molar-refractivity contribution in [2.24, 2.45) is 5.92 Å². The molecule has 0 aliphatic carbocycles. The Labute approximate surface area is 141 Å². The summed E-state index contributed by atoms with van der Waals surface area (Å²) in [7, 11) is 3.65. The van der Waals surface area contributed by atoms with E-state index in [4.69, 9.17) is 4.98 Å². The van der Waals surface area contributed by atoms with Crippen molar-refractivity contribution in [2.45, 2.75) is 19.8 Å². The van der Waals surface area contributed by atoms with Crippen LogP contribution in [0.2, 0.25) is 0 Å². The Kier molecular flexibility index (Phi) is 3.68. The maximum Gasteiger partial charge on any atom is 0.228 e. The molecule has 0 atom stereocenters. The molecule has 2 aromatic rings. The molecule has 1 N–H and O–H groups in total. The van der Waals surface area contributed by atoms with Crippen molar-refractivity contribution in [2.75, 3.05) is 45.2 Å². The van der Waals surface area contributed by atoms with Gasteiger partial charge in [0.2, 0.25) is 5.91 Å². The third-order valence-electron chi connectivity index (χ3n) is 5.04. The predicted octanol–water partition coefficient (Wildman–Crippen LogP) is 0.250. The van der Waals surface area contributed by atoms with Gasteiger partial charge in [0.1, 0.15) is 5.82 Å². The molecule has 0 bridgehead atoms. The Hall–Kier alpha value is -2.15. The van der Waals surface area contributed by atoms with Gasteiger partial charge in [0, 0.05) is 51.3 Å². The van der Waals surface area contributed by atoms with Gasteiger partial charge in [-0.2, -0.15) is 9.61 Å². The van der Waals surface area contributed by atoms with Crippen LogP contribution >= 0.6 is 0 Å². The summed E-state index contributed by atoms with van der Waals surface area (Å²) in [6.07, 6.45) is 3.78. The van der Waals surface area contributed by atoms with Gasteiger partial charge in [-0.3, -0.25) is 4.79 Å². The Morgan fingerprint density at radius 2 is 2.04 bits per heavy atom. The number of anilines is 1. The van der Waals surface area contributed by atoms with Gasteiger partial charge in [-0.25, -0.2) is 4.98 Å². The summed E-state index contributed by atoms with van der Waals surface area (Å²) in [5.74, 6) is 1.43.